The highest BCUT2D eigenvalue weighted by Gasteiger charge is 2.44. The Morgan fingerprint density at radius 3 is 2.24 bits per heavy atom. The zero-order chi connectivity index (χ0) is 16.5. The summed E-state index contributed by atoms with van der Waals surface area (Å²) in [5.41, 5.74) is 4.84. The van der Waals surface area contributed by atoms with E-state index in [-0.39, 0.29) is 6.42 Å². The average Bonchev–Trinajstić information content (AvgIpc) is 2.35. The maximum Gasteiger partial charge on any atom is 0.416 e. The van der Waals surface area contributed by atoms with Crippen molar-refractivity contribution < 1.29 is 27.9 Å². The first-order chi connectivity index (χ1) is 9.68. The van der Waals surface area contributed by atoms with Crippen molar-refractivity contribution in [2.75, 3.05) is 0 Å². The quantitative estimate of drug-likeness (QED) is 0.535. The minimum absolute atomic E-state index is 0.0591. The lowest BCUT2D eigenvalue weighted by Crippen LogP contribution is -2.51. The Kier molecular flexibility index (Phi) is 9.00. The lowest BCUT2D eigenvalue weighted by Gasteiger charge is -2.24. The van der Waals surface area contributed by atoms with Crippen molar-refractivity contribution in [2.45, 2.75) is 70.2 Å². The smallest absolute Gasteiger partial charge is 0.382 e. The molecule has 0 rings (SSSR count). The summed E-state index contributed by atoms with van der Waals surface area (Å²) in [5, 5.41) is 11.2. The highest BCUT2D eigenvalue weighted by Crippen LogP contribution is 2.23. The predicted octanol–water partition coefficient (Wildman–Crippen LogP) is 1.63. The Morgan fingerprint density at radius 2 is 1.76 bits per heavy atom. The van der Waals surface area contributed by atoms with E-state index in [0.29, 0.717) is 6.42 Å². The fourth-order valence-electron chi connectivity index (χ4n) is 1.85. The normalized spacial score (nSPS) is 14.5. The van der Waals surface area contributed by atoms with Crippen molar-refractivity contribution in [3.8, 4) is 0 Å². The second kappa shape index (κ2) is 9.59. The van der Waals surface area contributed by atoms with E-state index >= 15 is 0 Å². The largest absolute Gasteiger partial charge is 0.416 e. The van der Waals surface area contributed by atoms with Gasteiger partial charge in [-0.2, -0.15) is 13.2 Å². The topological polar surface area (TPSA) is 92.4 Å². The summed E-state index contributed by atoms with van der Waals surface area (Å²) in [5.74, 6) is -1.65. The van der Waals surface area contributed by atoms with Gasteiger partial charge in [-0.3, -0.25) is 9.59 Å². The van der Waals surface area contributed by atoms with Crippen molar-refractivity contribution >= 4 is 11.8 Å². The Labute approximate surface area is 122 Å². The Balaban J connectivity index is 4.33. The minimum atomic E-state index is -4.92. The van der Waals surface area contributed by atoms with E-state index in [4.69, 9.17) is 10.8 Å². The second-order valence-electron chi connectivity index (χ2n) is 5.00. The number of carbonyl (C=O) groups is 2. The maximum absolute atomic E-state index is 12.4. The molecule has 0 spiro atoms. The molecule has 0 radical (unpaired) electrons. The Morgan fingerprint density at radius 1 is 1.19 bits per heavy atom. The van der Waals surface area contributed by atoms with Crippen LogP contribution in [0.5, 0.6) is 0 Å². The van der Waals surface area contributed by atoms with Crippen LogP contribution in [-0.2, 0) is 9.59 Å². The molecule has 21 heavy (non-hydrogen) atoms. The van der Waals surface area contributed by atoms with Crippen LogP contribution in [0.2, 0.25) is 0 Å². The van der Waals surface area contributed by atoms with E-state index in [2.05, 4.69) is 0 Å². The molecule has 0 bridgehead atoms. The molecule has 0 fully saturated rings. The molecule has 0 saturated heterocycles. The van der Waals surface area contributed by atoms with Crippen LogP contribution in [0.25, 0.3) is 0 Å². The van der Waals surface area contributed by atoms with Crippen LogP contribution in [0.4, 0.5) is 13.2 Å². The summed E-state index contributed by atoms with van der Waals surface area (Å²) in [6, 6.07) is -1.74. The van der Waals surface area contributed by atoms with E-state index in [9.17, 15) is 22.8 Å². The van der Waals surface area contributed by atoms with Crippen LogP contribution in [0.1, 0.15) is 51.9 Å². The number of hydrogen-bond acceptors (Lipinski definition) is 3. The number of aliphatic hydroxyl groups excluding tert-OH is 1. The number of amides is 2. The molecule has 0 aromatic rings. The molecule has 2 amide bonds. The van der Waals surface area contributed by atoms with Gasteiger partial charge >= 0.3 is 6.18 Å². The monoisotopic (exact) mass is 312 g/mol. The van der Waals surface area contributed by atoms with Gasteiger partial charge in [0, 0.05) is 12.8 Å². The molecule has 0 aliphatic carbocycles. The predicted molar refractivity (Wildman–Crippen MR) is 71.2 cm³/mol. The van der Waals surface area contributed by atoms with E-state index in [1.807, 2.05) is 12.2 Å². The second-order valence-corrected chi connectivity index (χ2v) is 5.00. The van der Waals surface area contributed by atoms with E-state index in [0.717, 1.165) is 25.7 Å². The van der Waals surface area contributed by atoms with Gasteiger partial charge in [-0.25, -0.2) is 0 Å². The van der Waals surface area contributed by atoms with E-state index in [1.54, 1.807) is 0 Å². The Hall–Kier alpha value is -1.31. The van der Waals surface area contributed by atoms with Gasteiger partial charge < -0.3 is 16.2 Å². The van der Waals surface area contributed by atoms with Gasteiger partial charge in [0.25, 0.3) is 0 Å². The summed E-state index contributed by atoms with van der Waals surface area (Å²) in [7, 11) is 0. The standard InChI is InChI=1S/C13H23F3N2O3/c1-2-3-4-5-6-7-11(20)18-9(8-10(17)19)12(21)13(14,15)16/h9,12,21H,2-8H2,1H3,(H2,17,19)(H,18,20)/t9-,12?/m1/s1. The number of halogens is 3. The van der Waals surface area contributed by atoms with Crippen LogP contribution in [-0.4, -0.2) is 35.2 Å². The summed E-state index contributed by atoms with van der Waals surface area (Å²) >= 11 is 0. The molecule has 0 aromatic carbocycles. The summed E-state index contributed by atoms with van der Waals surface area (Å²) in [6.07, 6.45) is -4.03. The molecule has 0 aromatic heterocycles. The van der Waals surface area contributed by atoms with Gasteiger partial charge in [-0.05, 0) is 6.42 Å². The highest BCUT2D eigenvalue weighted by atomic mass is 19.4. The van der Waals surface area contributed by atoms with E-state index in [1.165, 1.54) is 0 Å². The van der Waals surface area contributed by atoms with Gasteiger partial charge in [-0.1, -0.05) is 32.6 Å². The molecular weight excluding hydrogens is 289 g/mol. The molecule has 0 aliphatic rings. The highest BCUT2D eigenvalue weighted by molar-refractivity contribution is 5.79. The molecule has 5 nitrogen and oxygen atoms in total. The molecule has 0 saturated carbocycles. The molecule has 8 heteroatoms. The number of nitrogens with one attached hydrogen (secondary N) is 1. The lowest BCUT2D eigenvalue weighted by atomic mass is 10.1. The molecule has 1 unspecified atom stereocenters. The SMILES string of the molecule is CCCCCCCC(=O)N[C@H](CC(N)=O)C(O)C(F)(F)F. The number of carbonyl (C=O) groups excluding carboxylic acids is 2. The third-order valence-corrected chi connectivity index (χ3v) is 2.99. The first kappa shape index (κ1) is 19.7. The van der Waals surface area contributed by atoms with Crippen molar-refractivity contribution in [3.63, 3.8) is 0 Å². The number of nitrogens with two attached hydrogens (primary N) is 1. The van der Waals surface area contributed by atoms with Gasteiger partial charge in [0.15, 0.2) is 6.10 Å². The van der Waals surface area contributed by atoms with Crippen molar-refractivity contribution in [1.82, 2.24) is 5.32 Å². The maximum atomic E-state index is 12.4. The van der Waals surface area contributed by atoms with Gasteiger partial charge in [-0.15, -0.1) is 0 Å². The van der Waals surface area contributed by atoms with Crippen molar-refractivity contribution in [1.29, 1.82) is 0 Å². The zero-order valence-corrected chi connectivity index (χ0v) is 12.1. The number of primary amides is 1. The zero-order valence-electron chi connectivity index (χ0n) is 12.1. The van der Waals surface area contributed by atoms with Crippen LogP contribution in [0.3, 0.4) is 0 Å². The average molecular weight is 312 g/mol. The molecule has 0 aliphatic heterocycles. The van der Waals surface area contributed by atoms with Crippen LogP contribution in [0, 0.1) is 0 Å². The lowest BCUT2D eigenvalue weighted by molar-refractivity contribution is -0.212. The minimum Gasteiger partial charge on any atom is -0.382 e. The number of alkyl halides is 3. The van der Waals surface area contributed by atoms with Gasteiger partial charge in [0.1, 0.15) is 0 Å². The third-order valence-electron chi connectivity index (χ3n) is 2.99. The first-order valence-corrected chi connectivity index (χ1v) is 7.01. The van der Waals surface area contributed by atoms with Crippen LogP contribution in [0.15, 0.2) is 0 Å². The Bertz CT molecular complexity index is 335. The van der Waals surface area contributed by atoms with Crippen molar-refractivity contribution in [2.24, 2.45) is 5.73 Å². The third kappa shape index (κ3) is 9.28. The fourth-order valence-corrected chi connectivity index (χ4v) is 1.85. The summed E-state index contributed by atoms with van der Waals surface area (Å²) < 4.78 is 37.3. The summed E-state index contributed by atoms with van der Waals surface area (Å²) in [4.78, 5) is 22.3. The van der Waals surface area contributed by atoms with Crippen LogP contribution < -0.4 is 11.1 Å². The molecule has 124 valence electrons. The molecule has 0 heterocycles. The van der Waals surface area contributed by atoms with Gasteiger partial charge in [0.05, 0.1) is 6.04 Å². The van der Waals surface area contributed by atoms with Crippen molar-refractivity contribution in [3.05, 3.63) is 0 Å². The molecular formula is C13H23F3N2O3. The number of aliphatic hydroxyl groups is 1. The number of hydrogen-bond donors (Lipinski definition) is 3. The first-order valence-electron chi connectivity index (χ1n) is 7.01. The summed E-state index contributed by atoms with van der Waals surface area (Å²) in [6.45, 7) is 2.04. The molecule has 2 atom stereocenters. The van der Waals surface area contributed by atoms with E-state index < -0.39 is 36.6 Å². The van der Waals surface area contributed by atoms with Gasteiger partial charge in [0.2, 0.25) is 11.8 Å². The number of unbranched alkanes of at least 4 members (excludes halogenated alkanes) is 4. The van der Waals surface area contributed by atoms with Crippen LogP contribution >= 0.6 is 0 Å². The number of rotatable bonds is 10. The molecule has 4 N–H and O–H groups in total. The fraction of sp³-hybridized carbons (Fsp3) is 0.846.